The first-order chi connectivity index (χ1) is 13.1. The highest BCUT2D eigenvalue weighted by Gasteiger charge is 2.47. The van der Waals surface area contributed by atoms with Gasteiger partial charge in [0, 0.05) is 11.5 Å². The predicted molar refractivity (Wildman–Crippen MR) is 100.0 cm³/mol. The highest BCUT2D eigenvalue weighted by molar-refractivity contribution is 5.85. The van der Waals surface area contributed by atoms with E-state index < -0.39 is 5.92 Å². The average Bonchev–Trinajstić information content (AvgIpc) is 2.68. The van der Waals surface area contributed by atoms with E-state index in [1.54, 1.807) is 30.3 Å². The number of aromatic hydroxyl groups is 2. The summed E-state index contributed by atoms with van der Waals surface area (Å²) in [5.41, 5.74) is 3.23. The molecule has 0 spiro atoms. The Kier molecular flexibility index (Phi) is 3.37. The number of ether oxygens (including phenoxy) is 1. The fourth-order valence-corrected chi connectivity index (χ4v) is 4.22. The number of rotatable bonds is 1. The summed E-state index contributed by atoms with van der Waals surface area (Å²) in [5, 5.41) is 23.5. The van der Waals surface area contributed by atoms with Crippen molar-refractivity contribution in [2.24, 2.45) is 5.92 Å². The van der Waals surface area contributed by atoms with E-state index in [4.69, 9.17) is 4.74 Å². The third-order valence-electron chi connectivity index (χ3n) is 5.42. The van der Waals surface area contributed by atoms with Crippen molar-refractivity contribution >= 4 is 11.7 Å². The van der Waals surface area contributed by atoms with E-state index in [1.165, 1.54) is 0 Å². The van der Waals surface area contributed by atoms with E-state index in [1.807, 2.05) is 36.4 Å². The van der Waals surface area contributed by atoms with Crippen LogP contribution in [0.4, 0.5) is 5.69 Å². The van der Waals surface area contributed by atoms with E-state index >= 15 is 0 Å². The van der Waals surface area contributed by atoms with Crippen LogP contribution >= 0.6 is 0 Å². The summed E-state index contributed by atoms with van der Waals surface area (Å²) >= 11 is 0. The number of phenols is 2. The summed E-state index contributed by atoms with van der Waals surface area (Å²) < 4.78 is 5.63. The number of carbonyl (C=O) groups is 1. The Morgan fingerprint density at radius 2 is 1.59 bits per heavy atom. The fourth-order valence-electron chi connectivity index (χ4n) is 4.22. The van der Waals surface area contributed by atoms with Crippen LogP contribution < -0.4 is 10.1 Å². The lowest BCUT2D eigenvalue weighted by Crippen LogP contribution is -2.42. The average molecular weight is 359 g/mol. The zero-order chi connectivity index (χ0) is 18.5. The molecule has 3 aromatic carbocycles. The molecule has 0 fully saturated rings. The van der Waals surface area contributed by atoms with Crippen LogP contribution in [0.5, 0.6) is 17.2 Å². The van der Waals surface area contributed by atoms with Crippen LogP contribution in [0.2, 0.25) is 0 Å². The van der Waals surface area contributed by atoms with Gasteiger partial charge in [-0.25, -0.2) is 0 Å². The van der Waals surface area contributed by atoms with Crippen molar-refractivity contribution < 1.29 is 19.7 Å². The Balaban J connectivity index is 1.75. The molecule has 5 rings (SSSR count). The molecule has 134 valence electrons. The van der Waals surface area contributed by atoms with E-state index in [-0.39, 0.29) is 29.4 Å². The predicted octanol–water partition coefficient (Wildman–Crippen LogP) is 3.93. The number of nitrogens with one attached hydrogen (secondary N) is 1. The summed E-state index contributed by atoms with van der Waals surface area (Å²) in [6.45, 7) is 0. The third-order valence-corrected chi connectivity index (χ3v) is 5.42. The van der Waals surface area contributed by atoms with Crippen LogP contribution in [0, 0.1) is 5.92 Å². The molecule has 0 radical (unpaired) electrons. The van der Waals surface area contributed by atoms with Crippen molar-refractivity contribution in [1.82, 2.24) is 0 Å². The maximum atomic E-state index is 13.0. The van der Waals surface area contributed by atoms with Crippen molar-refractivity contribution in [3.63, 3.8) is 0 Å². The molecule has 3 N–H and O–H groups in total. The Morgan fingerprint density at radius 1 is 0.852 bits per heavy atom. The molecule has 27 heavy (non-hydrogen) atoms. The zero-order valence-electron chi connectivity index (χ0n) is 14.3. The van der Waals surface area contributed by atoms with Crippen LogP contribution in [0.15, 0.2) is 66.7 Å². The molecule has 5 nitrogen and oxygen atoms in total. The van der Waals surface area contributed by atoms with Crippen molar-refractivity contribution in [1.29, 1.82) is 0 Å². The van der Waals surface area contributed by atoms with Crippen LogP contribution in [-0.4, -0.2) is 16.2 Å². The Labute approximate surface area is 155 Å². The minimum absolute atomic E-state index is 0.145. The molecule has 0 amide bonds. The number of anilines is 1. The number of carbonyl (C=O) groups excluding carboxylic acids is 1. The van der Waals surface area contributed by atoms with E-state index in [9.17, 15) is 15.0 Å². The molecular weight excluding hydrogens is 342 g/mol. The van der Waals surface area contributed by atoms with E-state index in [2.05, 4.69) is 5.32 Å². The molecule has 0 saturated heterocycles. The largest absolute Gasteiger partial charge is 0.508 e. The number of benzene rings is 3. The van der Waals surface area contributed by atoms with Crippen LogP contribution in [-0.2, 0) is 4.79 Å². The highest BCUT2D eigenvalue weighted by Crippen LogP contribution is 2.53. The summed E-state index contributed by atoms with van der Waals surface area (Å²) in [5.74, 6) is -0.250. The van der Waals surface area contributed by atoms with Crippen molar-refractivity contribution in [2.75, 3.05) is 5.32 Å². The number of fused-ring (bicyclic) bond motifs is 4. The monoisotopic (exact) mass is 359 g/mol. The molecule has 0 saturated carbocycles. The van der Waals surface area contributed by atoms with Gasteiger partial charge in [-0.15, -0.1) is 0 Å². The van der Waals surface area contributed by atoms with Crippen molar-refractivity contribution in [3.8, 4) is 17.2 Å². The lowest BCUT2D eigenvalue weighted by Gasteiger charge is -2.42. The first-order valence-electron chi connectivity index (χ1n) is 8.81. The Hall–Kier alpha value is -3.47. The fraction of sp³-hybridized carbons (Fsp3) is 0.136. The molecule has 2 heterocycles. The zero-order valence-corrected chi connectivity index (χ0v) is 14.3. The normalized spacial score (nSPS) is 22.7. The molecule has 2 aliphatic rings. The second-order valence-corrected chi connectivity index (χ2v) is 6.92. The molecular formula is C22H17NO4. The molecule has 5 heteroatoms. The maximum Gasteiger partial charge on any atom is 0.317 e. The van der Waals surface area contributed by atoms with Gasteiger partial charge in [-0.2, -0.15) is 0 Å². The second-order valence-electron chi connectivity index (χ2n) is 6.92. The van der Waals surface area contributed by atoms with Crippen molar-refractivity contribution in [3.05, 3.63) is 83.4 Å². The summed E-state index contributed by atoms with van der Waals surface area (Å²) in [4.78, 5) is 13.0. The first-order valence-corrected chi connectivity index (χ1v) is 8.81. The lowest BCUT2D eigenvalue weighted by molar-refractivity contribution is -0.141. The van der Waals surface area contributed by atoms with Gasteiger partial charge in [0.05, 0.1) is 17.6 Å². The van der Waals surface area contributed by atoms with Gasteiger partial charge < -0.3 is 20.3 Å². The third kappa shape index (κ3) is 2.35. The van der Waals surface area contributed by atoms with Gasteiger partial charge in [0.2, 0.25) is 0 Å². The van der Waals surface area contributed by atoms with Gasteiger partial charge in [0.1, 0.15) is 17.2 Å². The Bertz CT molecular complexity index is 1040. The summed E-state index contributed by atoms with van der Waals surface area (Å²) in [6.07, 6.45) is 0. The summed E-state index contributed by atoms with van der Waals surface area (Å²) in [7, 11) is 0. The van der Waals surface area contributed by atoms with Gasteiger partial charge in [-0.1, -0.05) is 42.5 Å². The van der Waals surface area contributed by atoms with Gasteiger partial charge in [-0.05, 0) is 35.4 Å². The number of para-hydroxylation sites is 2. The summed E-state index contributed by atoms with van der Waals surface area (Å²) in [6, 6.07) is 19.3. The van der Waals surface area contributed by atoms with Crippen LogP contribution in [0.1, 0.15) is 28.7 Å². The molecule has 2 aliphatic heterocycles. The van der Waals surface area contributed by atoms with Crippen LogP contribution in [0.25, 0.3) is 0 Å². The number of phenolic OH excluding ortho intramolecular Hbond substituents is 2. The molecule has 0 bridgehead atoms. The number of hydrogen-bond acceptors (Lipinski definition) is 5. The van der Waals surface area contributed by atoms with E-state index in [0.29, 0.717) is 11.4 Å². The highest BCUT2D eigenvalue weighted by atomic mass is 16.5. The molecule has 0 aromatic heterocycles. The van der Waals surface area contributed by atoms with Gasteiger partial charge in [0.15, 0.2) is 0 Å². The van der Waals surface area contributed by atoms with E-state index in [0.717, 1.165) is 16.7 Å². The number of hydrogen-bond donors (Lipinski definition) is 3. The maximum absolute atomic E-state index is 13.0. The molecule has 3 aromatic rings. The SMILES string of the molecule is O=C1Oc2ccccc2[C@@H]2Nc3c(O)cccc3[C@H](c3ccc(O)cc3)[C@@H]12. The topological polar surface area (TPSA) is 78.8 Å². The standard InChI is InChI=1S/C22H17NO4/c24-13-10-8-12(9-11-13)18-15-5-3-6-16(25)20(15)23-21-14-4-1-2-7-17(14)27-22(26)19(18)21/h1-11,18-19,21,23-25H/t18-,19+,21-/m0/s1. The molecule has 0 unspecified atom stereocenters. The quantitative estimate of drug-likeness (QED) is 0.349. The molecule has 0 aliphatic carbocycles. The number of esters is 1. The van der Waals surface area contributed by atoms with Gasteiger partial charge in [-0.3, -0.25) is 4.79 Å². The van der Waals surface area contributed by atoms with Gasteiger partial charge >= 0.3 is 5.97 Å². The first kappa shape index (κ1) is 15.8. The van der Waals surface area contributed by atoms with Crippen LogP contribution in [0.3, 0.4) is 0 Å². The second kappa shape index (κ2) is 5.77. The minimum Gasteiger partial charge on any atom is -0.508 e. The van der Waals surface area contributed by atoms with Crippen molar-refractivity contribution in [2.45, 2.75) is 12.0 Å². The minimum atomic E-state index is -0.487. The smallest absolute Gasteiger partial charge is 0.317 e. The molecule has 3 atom stereocenters. The Morgan fingerprint density at radius 3 is 2.41 bits per heavy atom. The lowest BCUT2D eigenvalue weighted by atomic mass is 9.71. The van der Waals surface area contributed by atoms with Gasteiger partial charge in [0.25, 0.3) is 0 Å².